The van der Waals surface area contributed by atoms with Gasteiger partial charge in [-0.15, -0.1) is 11.3 Å². The number of rotatable bonds is 6. The summed E-state index contributed by atoms with van der Waals surface area (Å²) in [5, 5.41) is 0.710. The summed E-state index contributed by atoms with van der Waals surface area (Å²) >= 11 is 7.80. The zero-order valence-corrected chi connectivity index (χ0v) is 21.5. The van der Waals surface area contributed by atoms with Gasteiger partial charge in [0.2, 0.25) is 0 Å². The Morgan fingerprint density at radius 1 is 1.03 bits per heavy atom. The van der Waals surface area contributed by atoms with Crippen molar-refractivity contribution in [3.05, 3.63) is 69.8 Å². The third kappa shape index (κ3) is 4.87. The van der Waals surface area contributed by atoms with Crippen LogP contribution in [-0.2, 0) is 6.54 Å². The molecule has 0 aliphatic carbocycles. The van der Waals surface area contributed by atoms with E-state index in [0.717, 1.165) is 41.5 Å². The number of methoxy groups -OCH3 is 2. The van der Waals surface area contributed by atoms with Crippen LogP contribution in [0.3, 0.4) is 0 Å². The van der Waals surface area contributed by atoms with Gasteiger partial charge in [-0.1, -0.05) is 23.7 Å². The number of hydrogen-bond donors (Lipinski definition) is 0. The minimum atomic E-state index is -0.0103. The van der Waals surface area contributed by atoms with Gasteiger partial charge in [0.25, 0.3) is 5.91 Å². The number of piperazine rings is 1. The molecule has 3 heterocycles. The lowest BCUT2D eigenvalue weighted by Crippen LogP contribution is -2.48. The Balaban J connectivity index is 1.33. The van der Waals surface area contributed by atoms with Gasteiger partial charge in [-0.05, 0) is 31.2 Å². The molecule has 0 N–H and O–H groups in total. The van der Waals surface area contributed by atoms with Crippen LogP contribution in [0.25, 0.3) is 16.2 Å². The molecule has 0 radical (unpaired) electrons. The third-order valence-corrected chi connectivity index (χ3v) is 7.44. The molecule has 1 fully saturated rings. The monoisotopic (exact) mass is 510 g/mol. The zero-order chi connectivity index (χ0) is 24.5. The van der Waals surface area contributed by atoms with Crippen molar-refractivity contribution in [1.29, 1.82) is 0 Å². The number of imidazole rings is 1. The molecule has 0 atom stereocenters. The molecule has 5 rings (SSSR count). The van der Waals surface area contributed by atoms with Crippen LogP contribution in [0.1, 0.15) is 20.9 Å². The van der Waals surface area contributed by atoms with Crippen molar-refractivity contribution < 1.29 is 14.3 Å². The van der Waals surface area contributed by atoms with Gasteiger partial charge in [0.15, 0.2) is 4.96 Å². The first-order valence-electron chi connectivity index (χ1n) is 11.4. The fraction of sp³-hybridized carbons (Fsp3) is 0.308. The summed E-state index contributed by atoms with van der Waals surface area (Å²) < 4.78 is 12.9. The van der Waals surface area contributed by atoms with Crippen molar-refractivity contribution in [3.8, 4) is 22.8 Å². The molecular weight excluding hydrogens is 484 g/mol. The zero-order valence-electron chi connectivity index (χ0n) is 20.0. The summed E-state index contributed by atoms with van der Waals surface area (Å²) in [5.41, 5.74) is 3.77. The number of halogens is 1. The van der Waals surface area contributed by atoms with Gasteiger partial charge >= 0.3 is 0 Å². The number of thiazole rings is 1. The summed E-state index contributed by atoms with van der Waals surface area (Å²) in [6.07, 6.45) is 2.15. The van der Waals surface area contributed by atoms with Crippen LogP contribution in [0.5, 0.6) is 11.5 Å². The molecule has 9 heteroatoms. The van der Waals surface area contributed by atoms with Crippen LogP contribution in [-0.4, -0.2) is 65.5 Å². The van der Waals surface area contributed by atoms with Crippen molar-refractivity contribution in [1.82, 2.24) is 19.2 Å². The largest absolute Gasteiger partial charge is 0.497 e. The number of aromatic nitrogens is 2. The maximum absolute atomic E-state index is 13.2. The van der Waals surface area contributed by atoms with Crippen molar-refractivity contribution in [2.45, 2.75) is 13.5 Å². The first-order valence-corrected chi connectivity index (χ1v) is 12.6. The van der Waals surface area contributed by atoms with E-state index in [1.807, 2.05) is 29.2 Å². The molecule has 0 saturated carbocycles. The number of nitrogens with zero attached hydrogens (tertiary/aromatic N) is 4. The molecule has 0 spiro atoms. The lowest BCUT2D eigenvalue weighted by atomic mass is 10.1. The maximum Gasteiger partial charge on any atom is 0.254 e. The smallest absolute Gasteiger partial charge is 0.254 e. The summed E-state index contributed by atoms with van der Waals surface area (Å²) in [6, 6.07) is 13.1. The molecule has 0 bridgehead atoms. The highest BCUT2D eigenvalue weighted by atomic mass is 35.5. The number of aryl methyl sites for hydroxylation is 1. The maximum atomic E-state index is 13.2. The van der Waals surface area contributed by atoms with Gasteiger partial charge in [0.1, 0.15) is 11.5 Å². The van der Waals surface area contributed by atoms with E-state index in [-0.39, 0.29) is 5.91 Å². The minimum Gasteiger partial charge on any atom is -0.497 e. The molecule has 4 aromatic rings. The number of amides is 1. The van der Waals surface area contributed by atoms with Gasteiger partial charge in [-0.25, -0.2) is 4.98 Å². The summed E-state index contributed by atoms with van der Waals surface area (Å²) in [6.45, 7) is 5.72. The van der Waals surface area contributed by atoms with Crippen molar-refractivity contribution >= 4 is 33.8 Å². The van der Waals surface area contributed by atoms with Gasteiger partial charge in [-0.2, -0.15) is 0 Å². The average molecular weight is 511 g/mol. The van der Waals surface area contributed by atoms with E-state index in [2.05, 4.69) is 22.4 Å². The SMILES string of the molecule is COc1cc(OC)cc(C(=O)N2CCN(Cc3c(-c4ccc(Cl)cc4)nc4sc(C)cn34)CC2)c1. The second-order valence-corrected chi connectivity index (χ2v) is 10.2. The normalized spacial score (nSPS) is 14.5. The van der Waals surface area contributed by atoms with E-state index in [1.54, 1.807) is 43.8 Å². The predicted octanol–water partition coefficient (Wildman–Crippen LogP) is 5.00. The molecule has 7 nitrogen and oxygen atoms in total. The number of hydrogen-bond acceptors (Lipinski definition) is 6. The molecule has 2 aromatic heterocycles. The molecule has 2 aromatic carbocycles. The van der Waals surface area contributed by atoms with Gasteiger partial charge in [-0.3, -0.25) is 14.1 Å². The van der Waals surface area contributed by atoms with E-state index < -0.39 is 0 Å². The third-order valence-electron chi connectivity index (χ3n) is 6.29. The standard InChI is InChI=1S/C26H27ClN4O3S/c1-17-15-31-23(24(28-26(31)35-17)18-4-6-20(27)7-5-18)16-29-8-10-30(11-9-29)25(32)19-12-21(33-2)14-22(13-19)34-3/h4-7,12-15H,8-11,16H2,1-3H3. The van der Waals surface area contributed by atoms with Crippen LogP contribution in [0.15, 0.2) is 48.7 Å². The van der Waals surface area contributed by atoms with Crippen LogP contribution in [0.4, 0.5) is 0 Å². The van der Waals surface area contributed by atoms with Crippen molar-refractivity contribution in [2.75, 3.05) is 40.4 Å². The van der Waals surface area contributed by atoms with E-state index in [4.69, 9.17) is 26.1 Å². The number of ether oxygens (including phenoxy) is 2. The number of benzene rings is 2. The van der Waals surface area contributed by atoms with Crippen molar-refractivity contribution in [3.63, 3.8) is 0 Å². The lowest BCUT2D eigenvalue weighted by Gasteiger charge is -2.34. The summed E-state index contributed by atoms with van der Waals surface area (Å²) in [5.74, 6) is 1.21. The minimum absolute atomic E-state index is 0.0103. The number of fused-ring (bicyclic) bond motifs is 1. The Morgan fingerprint density at radius 3 is 2.31 bits per heavy atom. The first-order chi connectivity index (χ1) is 16.9. The Hall–Kier alpha value is -3.07. The highest BCUT2D eigenvalue weighted by Crippen LogP contribution is 2.30. The summed E-state index contributed by atoms with van der Waals surface area (Å²) in [4.78, 5) is 24.6. The second kappa shape index (κ2) is 9.89. The lowest BCUT2D eigenvalue weighted by molar-refractivity contribution is 0.0626. The Kier molecular flexibility index (Phi) is 6.69. The predicted molar refractivity (Wildman–Crippen MR) is 139 cm³/mol. The quantitative estimate of drug-likeness (QED) is 0.365. The molecule has 182 valence electrons. The van der Waals surface area contributed by atoms with Gasteiger partial charge < -0.3 is 14.4 Å². The molecule has 1 amide bonds. The van der Waals surface area contributed by atoms with Crippen molar-refractivity contribution in [2.24, 2.45) is 0 Å². The van der Waals surface area contributed by atoms with Crippen LogP contribution < -0.4 is 9.47 Å². The highest BCUT2D eigenvalue weighted by Gasteiger charge is 2.25. The van der Waals surface area contributed by atoms with Crippen LogP contribution in [0.2, 0.25) is 5.02 Å². The Bertz CT molecular complexity index is 1330. The van der Waals surface area contributed by atoms with E-state index in [1.165, 1.54) is 4.88 Å². The van der Waals surface area contributed by atoms with Gasteiger partial charge in [0.05, 0.1) is 25.6 Å². The molecule has 35 heavy (non-hydrogen) atoms. The van der Waals surface area contributed by atoms with Crippen LogP contribution >= 0.6 is 22.9 Å². The van der Waals surface area contributed by atoms with Crippen LogP contribution in [0, 0.1) is 6.92 Å². The molecule has 1 aliphatic heterocycles. The molecular formula is C26H27ClN4O3S. The van der Waals surface area contributed by atoms with E-state index in [0.29, 0.717) is 35.2 Å². The topological polar surface area (TPSA) is 59.3 Å². The number of carbonyl (C=O) groups is 1. The fourth-order valence-corrected chi connectivity index (χ4v) is 5.40. The molecule has 1 saturated heterocycles. The fourth-order valence-electron chi connectivity index (χ4n) is 4.43. The Morgan fingerprint density at radius 2 is 1.69 bits per heavy atom. The van der Waals surface area contributed by atoms with Gasteiger partial charge in [0, 0.05) is 66.0 Å². The number of carbonyl (C=O) groups excluding carboxylic acids is 1. The second-order valence-electron chi connectivity index (χ2n) is 8.58. The van der Waals surface area contributed by atoms with E-state index >= 15 is 0 Å². The molecule has 1 aliphatic rings. The Labute approximate surface area is 213 Å². The highest BCUT2D eigenvalue weighted by molar-refractivity contribution is 7.17. The average Bonchev–Trinajstić information content (AvgIpc) is 3.40. The molecule has 0 unspecified atom stereocenters. The summed E-state index contributed by atoms with van der Waals surface area (Å²) in [7, 11) is 3.17. The van der Waals surface area contributed by atoms with E-state index in [9.17, 15) is 4.79 Å². The first kappa shape index (κ1) is 23.7.